The lowest BCUT2D eigenvalue weighted by atomic mass is 10.2. The summed E-state index contributed by atoms with van der Waals surface area (Å²) in [6.07, 6.45) is 2.53. The van der Waals surface area contributed by atoms with Crippen LogP contribution >= 0.6 is 0 Å². The van der Waals surface area contributed by atoms with Gasteiger partial charge in [0.15, 0.2) is 5.82 Å². The molecule has 0 unspecified atom stereocenters. The number of carbonyl (C=O) groups excluding carboxylic acids is 1. The zero-order valence-corrected chi connectivity index (χ0v) is 11.0. The molecule has 0 saturated heterocycles. The summed E-state index contributed by atoms with van der Waals surface area (Å²) in [6.45, 7) is 4.48. The maximum Gasteiger partial charge on any atom is 0.225 e. The molecule has 1 amide bonds. The Balaban J connectivity index is 1.91. The molecule has 106 valence electrons. The van der Waals surface area contributed by atoms with E-state index in [4.69, 9.17) is 4.74 Å². The van der Waals surface area contributed by atoms with Gasteiger partial charge in [0.05, 0.1) is 17.5 Å². The molecule has 0 bridgehead atoms. The van der Waals surface area contributed by atoms with Crippen LogP contribution in [-0.2, 0) is 9.53 Å². The molecule has 5 nitrogen and oxygen atoms in total. The number of halogens is 1. The third-order valence-electron chi connectivity index (χ3n) is 2.72. The minimum absolute atomic E-state index is 0.218. The number of H-pyrrole nitrogens is 1. The highest BCUT2D eigenvalue weighted by atomic mass is 19.1. The average Bonchev–Trinajstić information content (AvgIpc) is 2.83. The fourth-order valence-corrected chi connectivity index (χ4v) is 1.82. The lowest BCUT2D eigenvalue weighted by Gasteiger charge is -2.03. The molecule has 0 radical (unpaired) electrons. The van der Waals surface area contributed by atoms with Gasteiger partial charge in [-0.1, -0.05) is 12.1 Å². The Morgan fingerprint density at radius 1 is 1.55 bits per heavy atom. The second-order valence-corrected chi connectivity index (χ2v) is 4.25. The van der Waals surface area contributed by atoms with E-state index in [9.17, 15) is 9.18 Å². The van der Waals surface area contributed by atoms with Crippen molar-refractivity contribution >= 4 is 22.6 Å². The maximum absolute atomic E-state index is 13.7. The Hall–Kier alpha value is -2.21. The van der Waals surface area contributed by atoms with Gasteiger partial charge in [0.25, 0.3) is 0 Å². The van der Waals surface area contributed by atoms with Crippen LogP contribution in [0.5, 0.6) is 0 Å². The van der Waals surface area contributed by atoms with Crippen LogP contribution in [0.15, 0.2) is 30.9 Å². The summed E-state index contributed by atoms with van der Waals surface area (Å²) in [6, 6.07) is 4.61. The molecule has 1 aromatic carbocycles. The number of anilines is 1. The number of aromatic nitrogens is 2. The Labute approximate surface area is 115 Å². The first-order valence-corrected chi connectivity index (χ1v) is 6.33. The predicted molar refractivity (Wildman–Crippen MR) is 74.9 cm³/mol. The van der Waals surface area contributed by atoms with Gasteiger partial charge in [0.1, 0.15) is 5.82 Å². The van der Waals surface area contributed by atoms with Crippen LogP contribution < -0.4 is 5.32 Å². The van der Waals surface area contributed by atoms with E-state index in [1.54, 1.807) is 18.2 Å². The number of benzene rings is 1. The van der Waals surface area contributed by atoms with Crippen LogP contribution in [0.3, 0.4) is 0 Å². The number of ether oxygens (including phenoxy) is 1. The standard InChI is InChI=1S/C14H16FN3O2/c1-2-8-20-9-4-7-12(19)16-14-13-10(15)5-3-6-11(13)17-18-14/h2-3,5-6H,1,4,7-9H2,(H2,16,17,18,19). The van der Waals surface area contributed by atoms with Gasteiger partial charge in [-0.2, -0.15) is 5.10 Å². The summed E-state index contributed by atoms with van der Waals surface area (Å²) in [7, 11) is 0. The van der Waals surface area contributed by atoms with Crippen molar-refractivity contribution in [3.05, 3.63) is 36.7 Å². The second kappa shape index (κ2) is 6.81. The van der Waals surface area contributed by atoms with Crippen molar-refractivity contribution in [1.29, 1.82) is 0 Å². The number of rotatable bonds is 7. The third-order valence-corrected chi connectivity index (χ3v) is 2.72. The van der Waals surface area contributed by atoms with Gasteiger partial charge < -0.3 is 10.1 Å². The summed E-state index contributed by atoms with van der Waals surface area (Å²) in [5.74, 6) is -0.417. The first-order chi connectivity index (χ1) is 9.72. The largest absolute Gasteiger partial charge is 0.377 e. The van der Waals surface area contributed by atoms with Crippen molar-refractivity contribution in [2.24, 2.45) is 0 Å². The van der Waals surface area contributed by atoms with Gasteiger partial charge in [0.2, 0.25) is 5.91 Å². The van der Waals surface area contributed by atoms with Gasteiger partial charge in [-0.3, -0.25) is 9.89 Å². The van der Waals surface area contributed by atoms with Crippen LogP contribution in [-0.4, -0.2) is 29.3 Å². The minimum atomic E-state index is -0.416. The molecular formula is C14H16FN3O2. The number of nitrogens with one attached hydrogen (secondary N) is 2. The summed E-state index contributed by atoms with van der Waals surface area (Å²) < 4.78 is 18.9. The SMILES string of the molecule is C=CCOCCCC(=O)Nc1n[nH]c2cccc(F)c12. The Bertz CT molecular complexity index is 609. The molecular weight excluding hydrogens is 261 g/mol. The number of hydrogen-bond acceptors (Lipinski definition) is 3. The number of nitrogens with zero attached hydrogens (tertiary/aromatic N) is 1. The summed E-state index contributed by atoms with van der Waals surface area (Å²) in [4.78, 5) is 11.7. The number of hydrogen-bond donors (Lipinski definition) is 2. The zero-order chi connectivity index (χ0) is 14.4. The van der Waals surface area contributed by atoms with Crippen molar-refractivity contribution < 1.29 is 13.9 Å². The summed E-state index contributed by atoms with van der Waals surface area (Å²) in [5.41, 5.74) is 0.551. The fraction of sp³-hybridized carbons (Fsp3) is 0.286. The molecule has 6 heteroatoms. The molecule has 0 spiro atoms. The maximum atomic E-state index is 13.7. The van der Waals surface area contributed by atoms with E-state index in [2.05, 4.69) is 22.1 Å². The third kappa shape index (κ3) is 3.42. The van der Waals surface area contributed by atoms with Crippen LogP contribution in [0.25, 0.3) is 10.9 Å². The summed E-state index contributed by atoms with van der Waals surface area (Å²) in [5, 5.41) is 9.48. The monoisotopic (exact) mass is 277 g/mol. The van der Waals surface area contributed by atoms with E-state index >= 15 is 0 Å². The lowest BCUT2D eigenvalue weighted by Crippen LogP contribution is -2.13. The Kier molecular flexibility index (Phi) is 4.84. The molecule has 2 rings (SSSR count). The van der Waals surface area contributed by atoms with Crippen molar-refractivity contribution in [2.75, 3.05) is 18.5 Å². The highest BCUT2D eigenvalue weighted by Crippen LogP contribution is 2.23. The topological polar surface area (TPSA) is 67.0 Å². The number of aromatic amines is 1. The van der Waals surface area contributed by atoms with E-state index in [0.29, 0.717) is 37.0 Å². The zero-order valence-electron chi connectivity index (χ0n) is 11.0. The Morgan fingerprint density at radius 2 is 2.40 bits per heavy atom. The molecule has 0 aliphatic carbocycles. The molecule has 2 aromatic rings. The van der Waals surface area contributed by atoms with Crippen LogP contribution in [0.1, 0.15) is 12.8 Å². The highest BCUT2D eigenvalue weighted by Gasteiger charge is 2.12. The van der Waals surface area contributed by atoms with E-state index in [0.717, 1.165) is 0 Å². The second-order valence-electron chi connectivity index (χ2n) is 4.25. The van der Waals surface area contributed by atoms with Crippen molar-refractivity contribution in [1.82, 2.24) is 10.2 Å². The van der Waals surface area contributed by atoms with Crippen molar-refractivity contribution in [3.8, 4) is 0 Å². The molecule has 0 saturated carbocycles. The Morgan fingerprint density at radius 3 is 3.20 bits per heavy atom. The molecule has 20 heavy (non-hydrogen) atoms. The van der Waals surface area contributed by atoms with E-state index < -0.39 is 5.82 Å². The molecule has 0 fully saturated rings. The quantitative estimate of drug-likeness (QED) is 0.604. The normalized spacial score (nSPS) is 10.7. The van der Waals surface area contributed by atoms with Gasteiger partial charge >= 0.3 is 0 Å². The number of carbonyl (C=O) groups is 1. The van der Waals surface area contributed by atoms with Gasteiger partial charge in [-0.25, -0.2) is 4.39 Å². The van der Waals surface area contributed by atoms with E-state index in [1.807, 2.05) is 0 Å². The minimum Gasteiger partial charge on any atom is -0.377 e. The van der Waals surface area contributed by atoms with E-state index in [-0.39, 0.29) is 11.7 Å². The molecule has 1 aromatic heterocycles. The molecule has 0 aliphatic heterocycles. The van der Waals surface area contributed by atoms with Crippen molar-refractivity contribution in [3.63, 3.8) is 0 Å². The first kappa shape index (κ1) is 14.2. The first-order valence-electron chi connectivity index (χ1n) is 6.33. The highest BCUT2D eigenvalue weighted by molar-refractivity contribution is 5.99. The number of amides is 1. The molecule has 1 heterocycles. The molecule has 0 aliphatic rings. The fourth-order valence-electron chi connectivity index (χ4n) is 1.82. The van der Waals surface area contributed by atoms with Gasteiger partial charge in [0, 0.05) is 13.0 Å². The predicted octanol–water partition coefficient (Wildman–Crippen LogP) is 2.62. The van der Waals surface area contributed by atoms with Gasteiger partial charge in [-0.15, -0.1) is 6.58 Å². The van der Waals surface area contributed by atoms with E-state index in [1.165, 1.54) is 6.07 Å². The van der Waals surface area contributed by atoms with Crippen LogP contribution in [0.4, 0.5) is 10.2 Å². The van der Waals surface area contributed by atoms with Gasteiger partial charge in [-0.05, 0) is 18.6 Å². The summed E-state index contributed by atoms with van der Waals surface area (Å²) >= 11 is 0. The average molecular weight is 277 g/mol. The van der Waals surface area contributed by atoms with Crippen LogP contribution in [0.2, 0.25) is 0 Å². The molecule has 2 N–H and O–H groups in total. The van der Waals surface area contributed by atoms with Crippen molar-refractivity contribution in [2.45, 2.75) is 12.8 Å². The number of fused-ring (bicyclic) bond motifs is 1. The lowest BCUT2D eigenvalue weighted by molar-refractivity contribution is -0.116. The molecule has 0 atom stereocenters. The van der Waals surface area contributed by atoms with Crippen LogP contribution in [0, 0.1) is 5.82 Å². The smallest absolute Gasteiger partial charge is 0.225 e.